The molecular weight excluding hydrogens is 260 g/mol. The molecule has 0 spiro atoms. The predicted molar refractivity (Wildman–Crippen MR) is 88.6 cm³/mol. The van der Waals surface area contributed by atoms with Crippen LogP contribution in [0.25, 0.3) is 0 Å². The molecule has 1 aromatic rings. The average Bonchev–Trinajstić information content (AvgIpc) is 2.65. The smallest absolute Gasteiger partial charge is 0.241 e. The summed E-state index contributed by atoms with van der Waals surface area (Å²) in [6, 6.07) is 8.06. The van der Waals surface area contributed by atoms with Crippen LogP contribution in [0.2, 0.25) is 0 Å². The number of para-hydroxylation sites is 1. The molecule has 1 atom stereocenters. The van der Waals surface area contributed by atoms with Crippen molar-refractivity contribution in [1.29, 1.82) is 0 Å². The zero-order chi connectivity index (χ0) is 14.9. The van der Waals surface area contributed by atoms with Gasteiger partial charge in [0.05, 0.1) is 6.04 Å². The highest BCUT2D eigenvalue weighted by atomic mass is 16.2. The van der Waals surface area contributed by atoms with E-state index in [-0.39, 0.29) is 11.9 Å². The van der Waals surface area contributed by atoms with Crippen molar-refractivity contribution in [3.63, 3.8) is 0 Å². The number of rotatable bonds is 8. The van der Waals surface area contributed by atoms with Crippen LogP contribution >= 0.6 is 0 Å². The Bertz CT molecular complexity index is 445. The fourth-order valence-electron chi connectivity index (χ4n) is 2.89. The van der Waals surface area contributed by atoms with Crippen molar-refractivity contribution in [2.24, 2.45) is 0 Å². The number of nitrogens with one attached hydrogen (secondary N) is 2. The number of anilines is 1. The molecule has 1 aliphatic rings. The normalized spacial score (nSPS) is 18.0. The van der Waals surface area contributed by atoms with Gasteiger partial charge in [-0.05, 0) is 37.4 Å². The lowest BCUT2D eigenvalue weighted by Gasteiger charge is -2.15. The highest BCUT2D eigenvalue weighted by Crippen LogP contribution is 2.21. The summed E-state index contributed by atoms with van der Waals surface area (Å²) in [6.45, 7) is 3.19. The van der Waals surface area contributed by atoms with Gasteiger partial charge in [-0.25, -0.2) is 0 Å². The Kier molecular flexibility index (Phi) is 6.74. The second-order valence-electron chi connectivity index (χ2n) is 5.96. The third kappa shape index (κ3) is 5.16. The van der Waals surface area contributed by atoms with E-state index in [9.17, 15) is 4.79 Å². The summed E-state index contributed by atoms with van der Waals surface area (Å²) in [4.78, 5) is 12.2. The van der Waals surface area contributed by atoms with E-state index < -0.39 is 0 Å². The number of hydrogen-bond donors (Lipinski definition) is 2. The molecule has 2 N–H and O–H groups in total. The van der Waals surface area contributed by atoms with Crippen molar-refractivity contribution >= 4 is 11.6 Å². The molecule has 0 aliphatic carbocycles. The van der Waals surface area contributed by atoms with Crippen molar-refractivity contribution < 1.29 is 4.79 Å². The molecule has 0 bridgehead atoms. The van der Waals surface area contributed by atoms with Crippen molar-refractivity contribution in [2.75, 3.05) is 11.9 Å². The van der Waals surface area contributed by atoms with Gasteiger partial charge in [0.25, 0.3) is 0 Å². The van der Waals surface area contributed by atoms with Crippen LogP contribution in [-0.2, 0) is 11.2 Å². The maximum atomic E-state index is 12.2. The van der Waals surface area contributed by atoms with Gasteiger partial charge in [-0.3, -0.25) is 4.79 Å². The second kappa shape index (κ2) is 8.83. The molecule has 3 heteroatoms. The number of hydrogen-bond acceptors (Lipinski definition) is 2. The van der Waals surface area contributed by atoms with Crippen molar-refractivity contribution in [1.82, 2.24) is 5.32 Å². The second-order valence-corrected chi connectivity index (χ2v) is 5.96. The van der Waals surface area contributed by atoms with Crippen LogP contribution in [0, 0.1) is 0 Å². The zero-order valence-corrected chi connectivity index (χ0v) is 13.2. The maximum Gasteiger partial charge on any atom is 0.241 e. The highest BCUT2D eigenvalue weighted by Gasteiger charge is 2.22. The fraction of sp³-hybridized carbons (Fsp3) is 0.611. The number of carbonyl (C=O) groups excluding carboxylic acids is 1. The Labute approximate surface area is 128 Å². The van der Waals surface area contributed by atoms with Gasteiger partial charge in [0.15, 0.2) is 0 Å². The SMILES string of the molecule is CCCCCCCCNC1CCc2ccccc2NC1=O. The minimum absolute atomic E-state index is 0.0481. The summed E-state index contributed by atoms with van der Waals surface area (Å²) in [5.74, 6) is 0.117. The summed E-state index contributed by atoms with van der Waals surface area (Å²) in [7, 11) is 0. The van der Waals surface area contributed by atoms with E-state index in [0.29, 0.717) is 0 Å². The van der Waals surface area contributed by atoms with E-state index in [2.05, 4.69) is 23.6 Å². The van der Waals surface area contributed by atoms with E-state index in [0.717, 1.165) is 25.1 Å². The monoisotopic (exact) mass is 288 g/mol. The van der Waals surface area contributed by atoms with E-state index in [1.165, 1.54) is 44.1 Å². The lowest BCUT2D eigenvalue weighted by atomic mass is 10.1. The van der Waals surface area contributed by atoms with E-state index in [1.807, 2.05) is 18.2 Å². The Morgan fingerprint density at radius 1 is 1.14 bits per heavy atom. The van der Waals surface area contributed by atoms with Gasteiger partial charge in [-0.15, -0.1) is 0 Å². The number of unbranched alkanes of at least 4 members (excludes halogenated alkanes) is 5. The number of benzene rings is 1. The zero-order valence-electron chi connectivity index (χ0n) is 13.2. The molecule has 1 aromatic carbocycles. The molecule has 0 aromatic heterocycles. The molecule has 0 saturated heterocycles. The first-order valence-corrected chi connectivity index (χ1v) is 8.43. The van der Waals surface area contributed by atoms with Crippen molar-refractivity contribution in [2.45, 2.75) is 64.3 Å². The first-order valence-electron chi connectivity index (χ1n) is 8.43. The molecule has 1 amide bonds. The van der Waals surface area contributed by atoms with Gasteiger partial charge in [0, 0.05) is 5.69 Å². The van der Waals surface area contributed by atoms with Gasteiger partial charge >= 0.3 is 0 Å². The summed E-state index contributed by atoms with van der Waals surface area (Å²) in [5, 5.41) is 6.46. The molecular formula is C18H28N2O. The molecule has 3 nitrogen and oxygen atoms in total. The van der Waals surface area contributed by atoms with Crippen molar-refractivity contribution in [3.05, 3.63) is 29.8 Å². The number of fused-ring (bicyclic) bond motifs is 1. The van der Waals surface area contributed by atoms with Gasteiger partial charge in [-0.2, -0.15) is 0 Å². The fourth-order valence-corrected chi connectivity index (χ4v) is 2.89. The summed E-state index contributed by atoms with van der Waals surface area (Å²) in [6.07, 6.45) is 9.58. The largest absolute Gasteiger partial charge is 0.324 e. The van der Waals surface area contributed by atoms with Crippen LogP contribution in [0.1, 0.15) is 57.4 Å². The Morgan fingerprint density at radius 2 is 1.90 bits per heavy atom. The van der Waals surface area contributed by atoms with Crippen molar-refractivity contribution in [3.8, 4) is 0 Å². The minimum atomic E-state index is -0.0481. The summed E-state index contributed by atoms with van der Waals surface area (Å²) >= 11 is 0. The molecule has 0 radical (unpaired) electrons. The van der Waals surface area contributed by atoms with Crippen LogP contribution in [0.4, 0.5) is 5.69 Å². The topological polar surface area (TPSA) is 41.1 Å². The van der Waals surface area contributed by atoms with Gasteiger partial charge < -0.3 is 10.6 Å². The third-order valence-electron chi connectivity index (χ3n) is 4.22. The van der Waals surface area contributed by atoms with E-state index >= 15 is 0 Å². The molecule has 116 valence electrons. The van der Waals surface area contributed by atoms with E-state index in [1.54, 1.807) is 0 Å². The highest BCUT2D eigenvalue weighted by molar-refractivity contribution is 5.96. The number of aryl methyl sites for hydroxylation is 1. The lowest BCUT2D eigenvalue weighted by molar-refractivity contribution is -0.118. The number of carbonyl (C=O) groups is 1. The van der Waals surface area contributed by atoms with Crippen LogP contribution in [0.5, 0.6) is 0 Å². The van der Waals surface area contributed by atoms with Gasteiger partial charge in [0.2, 0.25) is 5.91 Å². The molecule has 21 heavy (non-hydrogen) atoms. The average molecular weight is 288 g/mol. The van der Waals surface area contributed by atoms with Crippen LogP contribution in [0.3, 0.4) is 0 Å². The van der Waals surface area contributed by atoms with Gasteiger partial charge in [0.1, 0.15) is 0 Å². The third-order valence-corrected chi connectivity index (χ3v) is 4.22. The van der Waals surface area contributed by atoms with Crippen LogP contribution in [-0.4, -0.2) is 18.5 Å². The Morgan fingerprint density at radius 3 is 2.76 bits per heavy atom. The van der Waals surface area contributed by atoms with E-state index in [4.69, 9.17) is 0 Å². The lowest BCUT2D eigenvalue weighted by Crippen LogP contribution is -2.40. The Hall–Kier alpha value is -1.35. The maximum absolute atomic E-state index is 12.2. The van der Waals surface area contributed by atoms with Crippen LogP contribution in [0.15, 0.2) is 24.3 Å². The quantitative estimate of drug-likeness (QED) is 0.713. The number of amides is 1. The molecule has 1 heterocycles. The molecule has 0 fully saturated rings. The molecule has 2 rings (SSSR count). The van der Waals surface area contributed by atoms with Crippen LogP contribution < -0.4 is 10.6 Å². The predicted octanol–water partition coefficient (Wildman–Crippen LogP) is 3.89. The minimum Gasteiger partial charge on any atom is -0.324 e. The summed E-state index contributed by atoms with van der Waals surface area (Å²) in [5.41, 5.74) is 2.22. The molecule has 0 saturated carbocycles. The standard InChI is InChI=1S/C18H28N2O/c1-2-3-4-5-6-9-14-19-17-13-12-15-10-7-8-11-16(15)20-18(17)21/h7-8,10-11,17,19H,2-6,9,12-14H2,1H3,(H,20,21). The Balaban J connectivity index is 1.69. The first kappa shape index (κ1) is 16.0. The molecule has 1 aliphatic heterocycles. The molecule has 1 unspecified atom stereocenters. The summed E-state index contributed by atoms with van der Waals surface area (Å²) < 4.78 is 0. The first-order chi connectivity index (χ1) is 10.3. The van der Waals surface area contributed by atoms with Gasteiger partial charge in [-0.1, -0.05) is 57.2 Å².